The van der Waals surface area contributed by atoms with Gasteiger partial charge in [-0.25, -0.2) is 0 Å². The van der Waals surface area contributed by atoms with Gasteiger partial charge >= 0.3 is 0 Å². The van der Waals surface area contributed by atoms with Crippen LogP contribution in [-0.2, 0) is 6.67 Å². The Morgan fingerprint density at radius 3 is 2.58 bits per heavy atom. The van der Waals surface area contributed by atoms with Crippen molar-refractivity contribution in [3.8, 4) is 11.4 Å². The van der Waals surface area contributed by atoms with Crippen molar-refractivity contribution >= 4 is 26.8 Å². The summed E-state index contributed by atoms with van der Waals surface area (Å²) in [7, 11) is 0. The second-order valence-electron chi connectivity index (χ2n) is 5.04. The number of tetrazole rings is 1. The van der Waals surface area contributed by atoms with Crippen LogP contribution in [0.15, 0.2) is 57.8 Å². The van der Waals surface area contributed by atoms with Crippen LogP contribution in [0.3, 0.4) is 0 Å². The summed E-state index contributed by atoms with van der Waals surface area (Å²) < 4.78 is 2.17. The molecule has 4 aromatic rings. The molecule has 0 saturated heterocycles. The average Bonchev–Trinajstić information content (AvgIpc) is 3.07. The Morgan fingerprint density at radius 2 is 1.75 bits per heavy atom. The largest absolute Gasteiger partial charge is 0.279 e. The van der Waals surface area contributed by atoms with E-state index in [1.165, 1.54) is 9.48 Å². The van der Waals surface area contributed by atoms with Crippen LogP contribution < -0.4 is 5.56 Å². The van der Waals surface area contributed by atoms with Gasteiger partial charge in [0.05, 0.1) is 5.39 Å². The maximum absolute atomic E-state index is 12.4. The summed E-state index contributed by atoms with van der Waals surface area (Å²) in [5, 5.41) is 20.7. The first-order valence-corrected chi connectivity index (χ1v) is 7.86. The Kier molecular flexibility index (Phi) is 3.62. The van der Waals surface area contributed by atoms with Crippen molar-refractivity contribution < 1.29 is 0 Å². The van der Waals surface area contributed by atoms with Crippen LogP contribution >= 0.6 is 15.9 Å². The minimum absolute atomic E-state index is 0.0419. The van der Waals surface area contributed by atoms with Gasteiger partial charge in [-0.3, -0.25) is 4.79 Å². The Balaban J connectivity index is 1.66. The van der Waals surface area contributed by atoms with E-state index >= 15 is 0 Å². The zero-order chi connectivity index (χ0) is 16.5. The number of nitrogens with zero attached hydrogens (tertiary/aromatic N) is 7. The van der Waals surface area contributed by atoms with Crippen molar-refractivity contribution in [1.29, 1.82) is 0 Å². The third-order valence-corrected chi connectivity index (χ3v) is 3.97. The lowest BCUT2D eigenvalue weighted by atomic mass is 10.2. The highest BCUT2D eigenvalue weighted by atomic mass is 79.9. The lowest BCUT2D eigenvalue weighted by Gasteiger charge is -2.03. The van der Waals surface area contributed by atoms with Crippen molar-refractivity contribution in [1.82, 2.24) is 35.2 Å². The van der Waals surface area contributed by atoms with E-state index in [2.05, 4.69) is 41.7 Å². The zero-order valence-corrected chi connectivity index (χ0v) is 13.8. The van der Waals surface area contributed by atoms with E-state index in [1.807, 2.05) is 30.3 Å². The molecule has 0 aliphatic carbocycles. The van der Waals surface area contributed by atoms with Gasteiger partial charge in [-0.2, -0.15) is 4.68 Å². The molecule has 0 N–H and O–H groups in total. The summed E-state index contributed by atoms with van der Waals surface area (Å²) in [6.45, 7) is 0.0419. The first-order chi connectivity index (χ1) is 11.7. The molecule has 0 bridgehead atoms. The van der Waals surface area contributed by atoms with Crippen LogP contribution in [0.5, 0.6) is 0 Å². The van der Waals surface area contributed by atoms with Crippen LogP contribution in [0.1, 0.15) is 0 Å². The van der Waals surface area contributed by atoms with E-state index in [-0.39, 0.29) is 12.2 Å². The summed E-state index contributed by atoms with van der Waals surface area (Å²) in [5.74, 6) is 0.476. The molecule has 0 atom stereocenters. The molecular weight excluding hydrogens is 374 g/mol. The number of aromatic nitrogens is 7. The molecule has 0 aliphatic rings. The van der Waals surface area contributed by atoms with Crippen molar-refractivity contribution in [2.75, 3.05) is 0 Å². The van der Waals surface area contributed by atoms with E-state index in [0.29, 0.717) is 16.7 Å². The Bertz CT molecular complexity index is 1070. The molecule has 4 rings (SSSR count). The molecule has 8 nitrogen and oxygen atoms in total. The van der Waals surface area contributed by atoms with Gasteiger partial charge in [-0.1, -0.05) is 33.3 Å². The molecule has 9 heteroatoms. The average molecular weight is 384 g/mol. The molecule has 118 valence electrons. The van der Waals surface area contributed by atoms with Gasteiger partial charge in [0.1, 0.15) is 5.52 Å². The van der Waals surface area contributed by atoms with Crippen molar-refractivity contribution in [3.63, 3.8) is 0 Å². The monoisotopic (exact) mass is 383 g/mol. The van der Waals surface area contributed by atoms with E-state index in [0.717, 1.165) is 10.0 Å². The van der Waals surface area contributed by atoms with Gasteiger partial charge in [0.15, 0.2) is 6.67 Å². The molecule has 0 amide bonds. The predicted octanol–water partition coefficient (Wildman–Crippen LogP) is 1.71. The fourth-order valence-electron chi connectivity index (χ4n) is 2.25. The molecule has 2 heterocycles. The molecule has 2 aromatic carbocycles. The van der Waals surface area contributed by atoms with Crippen molar-refractivity contribution in [2.24, 2.45) is 0 Å². The topological polar surface area (TPSA) is 91.4 Å². The predicted molar refractivity (Wildman–Crippen MR) is 90.1 cm³/mol. The normalized spacial score (nSPS) is 11.0. The van der Waals surface area contributed by atoms with Gasteiger partial charge in [-0.05, 0) is 41.6 Å². The van der Waals surface area contributed by atoms with Crippen LogP contribution in [0.2, 0.25) is 0 Å². The second kappa shape index (κ2) is 5.93. The Morgan fingerprint density at radius 1 is 0.958 bits per heavy atom. The van der Waals surface area contributed by atoms with E-state index in [1.54, 1.807) is 18.2 Å². The summed E-state index contributed by atoms with van der Waals surface area (Å²) in [4.78, 5) is 13.7. The van der Waals surface area contributed by atoms with E-state index in [9.17, 15) is 4.79 Å². The van der Waals surface area contributed by atoms with Gasteiger partial charge in [-0.15, -0.1) is 20.1 Å². The number of halogens is 1. The molecule has 0 saturated carbocycles. The molecule has 2 aromatic heterocycles. The number of hydrogen-bond acceptors (Lipinski definition) is 6. The lowest BCUT2D eigenvalue weighted by molar-refractivity contribution is 0.418. The highest BCUT2D eigenvalue weighted by Crippen LogP contribution is 2.17. The minimum atomic E-state index is -0.247. The van der Waals surface area contributed by atoms with Gasteiger partial charge in [0.2, 0.25) is 5.82 Å². The SMILES string of the molecule is O=c1c2ccccc2nnn1Cn1nnc(-c2ccc(Br)cc2)n1. The van der Waals surface area contributed by atoms with Crippen LogP contribution in [-0.4, -0.2) is 35.2 Å². The molecule has 0 spiro atoms. The Labute approximate surface area is 143 Å². The maximum Gasteiger partial charge on any atom is 0.279 e. The second-order valence-corrected chi connectivity index (χ2v) is 5.96. The third kappa shape index (κ3) is 2.69. The Hall–Kier alpha value is -2.94. The molecule has 0 aliphatic heterocycles. The molecule has 24 heavy (non-hydrogen) atoms. The summed E-state index contributed by atoms with van der Waals surface area (Å²) in [5.41, 5.74) is 1.14. The first-order valence-electron chi connectivity index (χ1n) is 7.07. The fraction of sp³-hybridized carbons (Fsp3) is 0.0667. The number of fused-ring (bicyclic) bond motifs is 1. The van der Waals surface area contributed by atoms with E-state index in [4.69, 9.17) is 0 Å². The van der Waals surface area contributed by atoms with Crippen LogP contribution in [0.25, 0.3) is 22.3 Å². The fourth-order valence-corrected chi connectivity index (χ4v) is 2.52. The van der Waals surface area contributed by atoms with Gasteiger partial charge in [0.25, 0.3) is 5.56 Å². The highest BCUT2D eigenvalue weighted by molar-refractivity contribution is 9.10. The molecule has 0 unspecified atom stereocenters. The molecular formula is C15H10BrN7O. The quantitative estimate of drug-likeness (QED) is 0.534. The molecule has 0 radical (unpaired) electrons. The third-order valence-electron chi connectivity index (χ3n) is 3.45. The lowest BCUT2D eigenvalue weighted by Crippen LogP contribution is -2.28. The highest BCUT2D eigenvalue weighted by Gasteiger charge is 2.09. The smallest absolute Gasteiger partial charge is 0.267 e. The zero-order valence-electron chi connectivity index (χ0n) is 12.2. The number of benzene rings is 2. The van der Waals surface area contributed by atoms with Crippen molar-refractivity contribution in [3.05, 3.63) is 63.4 Å². The summed E-state index contributed by atoms with van der Waals surface area (Å²) in [6, 6.07) is 14.6. The van der Waals surface area contributed by atoms with E-state index < -0.39 is 0 Å². The maximum atomic E-state index is 12.4. The minimum Gasteiger partial charge on any atom is -0.267 e. The van der Waals surface area contributed by atoms with Crippen molar-refractivity contribution in [2.45, 2.75) is 6.67 Å². The van der Waals surface area contributed by atoms with Crippen LogP contribution in [0.4, 0.5) is 0 Å². The van der Waals surface area contributed by atoms with Gasteiger partial charge < -0.3 is 0 Å². The molecule has 0 fully saturated rings. The van der Waals surface area contributed by atoms with Gasteiger partial charge in [0, 0.05) is 10.0 Å². The number of hydrogen-bond donors (Lipinski definition) is 0. The van der Waals surface area contributed by atoms with Crippen LogP contribution in [0, 0.1) is 0 Å². The summed E-state index contributed by atoms with van der Waals surface area (Å²) >= 11 is 3.38. The standard InChI is InChI=1S/C15H10BrN7O/c16-11-7-5-10(6-8-11)14-18-21-23(19-14)9-22-15(24)12-3-1-2-4-13(12)17-20-22/h1-8H,9H2. The summed E-state index contributed by atoms with van der Waals surface area (Å²) in [6.07, 6.45) is 0. The first kappa shape index (κ1) is 14.6. The number of rotatable bonds is 3.